The molecule has 4 rings (SSSR count). The second-order valence-electron chi connectivity index (χ2n) is 7.07. The molecular weight excluding hydrogens is 380 g/mol. The van der Waals surface area contributed by atoms with E-state index in [1.54, 1.807) is 0 Å². The van der Waals surface area contributed by atoms with Gasteiger partial charge in [-0.2, -0.15) is 5.10 Å². The summed E-state index contributed by atoms with van der Waals surface area (Å²) >= 11 is 0. The molecule has 0 saturated heterocycles. The van der Waals surface area contributed by atoms with Gasteiger partial charge in [-0.05, 0) is 24.3 Å². The van der Waals surface area contributed by atoms with Crippen molar-refractivity contribution in [1.82, 2.24) is 20.5 Å². The zero-order chi connectivity index (χ0) is 20.2. The van der Waals surface area contributed by atoms with Gasteiger partial charge in [-0.3, -0.25) is 10.4 Å². The summed E-state index contributed by atoms with van der Waals surface area (Å²) in [6.45, 7) is 1.05. The lowest BCUT2D eigenvalue weighted by Gasteiger charge is -2.19. The minimum absolute atomic E-state index is 0.224. The van der Waals surface area contributed by atoms with Crippen LogP contribution in [0.2, 0.25) is 0 Å². The van der Waals surface area contributed by atoms with E-state index in [0.29, 0.717) is 24.6 Å². The van der Waals surface area contributed by atoms with Crippen LogP contribution in [0.3, 0.4) is 0 Å². The van der Waals surface area contributed by atoms with E-state index in [-0.39, 0.29) is 22.9 Å². The van der Waals surface area contributed by atoms with E-state index in [0.717, 1.165) is 5.56 Å². The van der Waals surface area contributed by atoms with Gasteiger partial charge in [-0.1, -0.05) is 30.3 Å². The molecule has 1 saturated carbocycles. The first-order chi connectivity index (χ1) is 14.1. The summed E-state index contributed by atoms with van der Waals surface area (Å²) in [5, 5.41) is 11.9. The largest absolute Gasteiger partial charge is 0.379 e. The molecule has 1 aliphatic carbocycles. The van der Waals surface area contributed by atoms with Crippen molar-refractivity contribution in [2.75, 3.05) is 18.5 Å². The molecule has 0 aliphatic heterocycles. The maximum Gasteiger partial charge on any atom is 0.320 e. The van der Waals surface area contributed by atoms with Crippen LogP contribution in [-0.2, 0) is 4.74 Å². The molecule has 0 spiro atoms. The highest BCUT2D eigenvalue weighted by Crippen LogP contribution is 2.29. The van der Waals surface area contributed by atoms with E-state index >= 15 is 0 Å². The highest BCUT2D eigenvalue weighted by Gasteiger charge is 2.23. The summed E-state index contributed by atoms with van der Waals surface area (Å²) in [6, 6.07) is 10.2. The Morgan fingerprint density at radius 3 is 2.79 bits per heavy atom. The molecule has 9 heteroatoms. The van der Waals surface area contributed by atoms with Gasteiger partial charge >= 0.3 is 6.03 Å². The fraction of sp³-hybridized carbons (Fsp3) is 0.350. The number of rotatable bonds is 8. The van der Waals surface area contributed by atoms with E-state index < -0.39 is 12.5 Å². The number of nitrogens with one attached hydrogen (secondary N) is 3. The van der Waals surface area contributed by atoms with Crippen LogP contribution in [0.15, 0.2) is 42.6 Å². The predicted molar refractivity (Wildman–Crippen MR) is 104 cm³/mol. The Balaban J connectivity index is 1.42. The van der Waals surface area contributed by atoms with E-state index in [1.165, 1.54) is 25.1 Å². The van der Waals surface area contributed by atoms with E-state index in [4.69, 9.17) is 4.74 Å². The van der Waals surface area contributed by atoms with Gasteiger partial charge in [0.2, 0.25) is 0 Å². The molecule has 29 heavy (non-hydrogen) atoms. The number of aromatic nitrogens is 3. The molecule has 0 radical (unpaired) electrons. The number of hydrogen-bond donors (Lipinski definition) is 3. The van der Waals surface area contributed by atoms with E-state index in [9.17, 15) is 13.6 Å². The lowest BCUT2D eigenvalue weighted by Crippen LogP contribution is -2.35. The first kappa shape index (κ1) is 19.3. The van der Waals surface area contributed by atoms with Crippen molar-refractivity contribution < 1.29 is 18.3 Å². The third-order valence-electron chi connectivity index (χ3n) is 4.77. The zero-order valence-electron chi connectivity index (χ0n) is 15.6. The molecule has 1 aromatic carbocycles. The number of carbonyl (C=O) groups is 1. The zero-order valence-corrected chi connectivity index (χ0v) is 15.6. The Kier molecular flexibility index (Phi) is 5.66. The van der Waals surface area contributed by atoms with Crippen molar-refractivity contribution in [3.63, 3.8) is 0 Å². The van der Waals surface area contributed by atoms with Gasteiger partial charge in [0.05, 0.1) is 18.2 Å². The number of fused-ring (bicyclic) bond motifs is 1. The second kappa shape index (κ2) is 8.52. The maximum absolute atomic E-state index is 12.9. The van der Waals surface area contributed by atoms with Gasteiger partial charge in [0.15, 0.2) is 0 Å². The average Bonchev–Trinajstić information content (AvgIpc) is 3.44. The molecule has 2 amide bonds. The number of pyridine rings is 1. The summed E-state index contributed by atoms with van der Waals surface area (Å²) in [5.41, 5.74) is 0.940. The summed E-state index contributed by atoms with van der Waals surface area (Å²) in [7, 11) is 0. The third-order valence-corrected chi connectivity index (χ3v) is 4.77. The fourth-order valence-electron chi connectivity index (χ4n) is 3.02. The standard InChI is InChI=1S/C20H21F2N5O2/c21-19(22)18-14-9-23-17(8-15(14)26-27-18)25-20(28)24-16(11-29-10-12-6-7-12)13-4-2-1-3-5-13/h1-5,8-9,12,16,19H,6-7,10-11H2,(H,26,27)(H2,23,24,25,28)/t16-/m1/s1. The fourth-order valence-corrected chi connectivity index (χ4v) is 3.02. The number of amides is 2. The Morgan fingerprint density at radius 1 is 1.28 bits per heavy atom. The Hall–Kier alpha value is -3.07. The number of alkyl halides is 2. The predicted octanol–water partition coefficient (Wildman–Crippen LogP) is 4.18. The number of carbonyl (C=O) groups excluding carboxylic acids is 1. The van der Waals surface area contributed by atoms with Crippen molar-refractivity contribution in [2.24, 2.45) is 5.92 Å². The van der Waals surface area contributed by atoms with Crippen molar-refractivity contribution in [3.8, 4) is 0 Å². The molecule has 3 aromatic rings. The highest BCUT2D eigenvalue weighted by molar-refractivity contribution is 5.91. The molecule has 1 fully saturated rings. The molecule has 0 unspecified atom stereocenters. The van der Waals surface area contributed by atoms with Crippen LogP contribution >= 0.6 is 0 Å². The molecule has 2 aromatic heterocycles. The summed E-state index contributed by atoms with van der Waals surface area (Å²) in [5.74, 6) is 0.855. The smallest absolute Gasteiger partial charge is 0.320 e. The number of H-pyrrole nitrogens is 1. The third kappa shape index (κ3) is 4.86. The van der Waals surface area contributed by atoms with Gasteiger partial charge in [0.1, 0.15) is 11.5 Å². The number of urea groups is 1. The van der Waals surface area contributed by atoms with Gasteiger partial charge in [-0.15, -0.1) is 0 Å². The van der Waals surface area contributed by atoms with Crippen LogP contribution in [0.5, 0.6) is 0 Å². The van der Waals surface area contributed by atoms with Crippen LogP contribution in [0.25, 0.3) is 10.9 Å². The number of hydrogen-bond acceptors (Lipinski definition) is 4. The maximum atomic E-state index is 12.9. The normalized spacial score (nSPS) is 14.9. The van der Waals surface area contributed by atoms with Crippen molar-refractivity contribution in [1.29, 1.82) is 0 Å². The molecular formula is C20H21F2N5O2. The van der Waals surface area contributed by atoms with Crippen LogP contribution in [0, 0.1) is 5.92 Å². The van der Waals surface area contributed by atoms with Crippen molar-refractivity contribution in [3.05, 3.63) is 53.9 Å². The first-order valence-electron chi connectivity index (χ1n) is 9.42. The lowest BCUT2D eigenvalue weighted by molar-refractivity contribution is 0.105. The average molecular weight is 401 g/mol. The molecule has 3 N–H and O–H groups in total. The molecule has 152 valence electrons. The van der Waals surface area contributed by atoms with Gasteiger partial charge in [0, 0.05) is 24.3 Å². The Bertz CT molecular complexity index is 975. The minimum atomic E-state index is -2.70. The lowest BCUT2D eigenvalue weighted by atomic mass is 10.1. The van der Waals surface area contributed by atoms with Crippen molar-refractivity contribution >= 4 is 22.8 Å². The van der Waals surface area contributed by atoms with Crippen LogP contribution in [0.1, 0.15) is 36.6 Å². The number of anilines is 1. The minimum Gasteiger partial charge on any atom is -0.379 e. The van der Waals surface area contributed by atoms with Crippen LogP contribution in [0.4, 0.5) is 19.4 Å². The van der Waals surface area contributed by atoms with Gasteiger partial charge < -0.3 is 10.1 Å². The van der Waals surface area contributed by atoms with Gasteiger partial charge in [0.25, 0.3) is 6.43 Å². The number of ether oxygens (including phenoxy) is 1. The van der Waals surface area contributed by atoms with E-state index in [2.05, 4.69) is 25.8 Å². The summed E-state index contributed by atoms with van der Waals surface area (Å²) in [6.07, 6.45) is 0.955. The molecule has 1 aliphatic rings. The Labute approximate surface area is 165 Å². The molecule has 0 bridgehead atoms. The van der Waals surface area contributed by atoms with E-state index in [1.807, 2.05) is 30.3 Å². The summed E-state index contributed by atoms with van der Waals surface area (Å²) < 4.78 is 31.6. The molecule has 2 heterocycles. The van der Waals surface area contributed by atoms with Crippen molar-refractivity contribution in [2.45, 2.75) is 25.3 Å². The Morgan fingerprint density at radius 2 is 2.07 bits per heavy atom. The quantitative estimate of drug-likeness (QED) is 0.528. The second-order valence-corrected chi connectivity index (χ2v) is 7.07. The van der Waals surface area contributed by atoms with Crippen LogP contribution in [-0.4, -0.2) is 34.4 Å². The van der Waals surface area contributed by atoms with Crippen LogP contribution < -0.4 is 10.6 Å². The number of benzene rings is 1. The number of halogens is 2. The topological polar surface area (TPSA) is 91.9 Å². The molecule has 1 atom stereocenters. The monoisotopic (exact) mass is 401 g/mol. The number of aromatic amines is 1. The molecule has 7 nitrogen and oxygen atoms in total. The SMILES string of the molecule is O=C(Nc1cc2[nH]nc(C(F)F)c2cn1)N[C@H](COCC1CC1)c1ccccc1. The highest BCUT2D eigenvalue weighted by atomic mass is 19.3. The summed E-state index contributed by atoms with van der Waals surface area (Å²) in [4.78, 5) is 16.5. The van der Waals surface area contributed by atoms with Gasteiger partial charge in [-0.25, -0.2) is 18.6 Å². The number of nitrogens with zero attached hydrogens (tertiary/aromatic N) is 2. The first-order valence-corrected chi connectivity index (χ1v) is 9.42.